The minimum Gasteiger partial charge on any atom is -0.385 e. The predicted molar refractivity (Wildman–Crippen MR) is 115 cm³/mol. The fourth-order valence-corrected chi connectivity index (χ4v) is 2.66. The van der Waals surface area contributed by atoms with E-state index in [0.717, 1.165) is 0 Å². The van der Waals surface area contributed by atoms with Gasteiger partial charge in [-0.2, -0.15) is 0 Å². The third-order valence-electron chi connectivity index (χ3n) is 4.13. The topological polar surface area (TPSA) is 126 Å². The SMILES string of the molecule is COCCCNC(=O)c1cc(NC(=O)Nc2ccc([N+](=O)[O-])cc2)ccc1N(C)C. The Morgan fingerprint density at radius 1 is 1.07 bits per heavy atom. The molecule has 2 aromatic carbocycles. The van der Waals surface area contributed by atoms with Crippen molar-refractivity contribution >= 4 is 34.7 Å². The van der Waals surface area contributed by atoms with Crippen LogP contribution in [0.4, 0.5) is 27.5 Å². The molecule has 0 radical (unpaired) electrons. The van der Waals surface area contributed by atoms with Crippen molar-refractivity contribution in [3.63, 3.8) is 0 Å². The molecule has 0 aliphatic heterocycles. The van der Waals surface area contributed by atoms with E-state index in [4.69, 9.17) is 4.74 Å². The van der Waals surface area contributed by atoms with Crippen molar-refractivity contribution in [2.45, 2.75) is 6.42 Å². The summed E-state index contributed by atoms with van der Waals surface area (Å²) in [5.41, 5.74) is 1.90. The number of nitro groups is 1. The molecule has 3 amide bonds. The third kappa shape index (κ3) is 6.45. The molecule has 0 atom stereocenters. The molecule has 0 bridgehead atoms. The summed E-state index contributed by atoms with van der Waals surface area (Å²) in [6.07, 6.45) is 0.690. The van der Waals surface area contributed by atoms with Gasteiger partial charge in [-0.15, -0.1) is 0 Å². The Morgan fingerprint density at radius 3 is 2.30 bits per heavy atom. The van der Waals surface area contributed by atoms with Crippen LogP contribution in [0, 0.1) is 10.1 Å². The number of carbonyl (C=O) groups excluding carboxylic acids is 2. The highest BCUT2D eigenvalue weighted by molar-refractivity contribution is 6.04. The van der Waals surface area contributed by atoms with E-state index in [-0.39, 0.29) is 11.6 Å². The van der Waals surface area contributed by atoms with E-state index in [1.807, 2.05) is 19.0 Å². The van der Waals surface area contributed by atoms with Crippen molar-refractivity contribution in [2.75, 3.05) is 49.9 Å². The van der Waals surface area contributed by atoms with Gasteiger partial charge in [0.2, 0.25) is 0 Å². The molecule has 0 aliphatic carbocycles. The first kappa shape index (κ1) is 22.6. The molecule has 0 unspecified atom stereocenters. The minimum absolute atomic E-state index is 0.0682. The molecular weight excluding hydrogens is 390 g/mol. The average molecular weight is 415 g/mol. The summed E-state index contributed by atoms with van der Waals surface area (Å²) in [5, 5.41) is 18.8. The Kier molecular flexibility index (Phi) is 8.12. The van der Waals surface area contributed by atoms with Crippen molar-refractivity contribution in [1.29, 1.82) is 0 Å². The highest BCUT2D eigenvalue weighted by Crippen LogP contribution is 2.23. The van der Waals surface area contributed by atoms with Crippen LogP contribution >= 0.6 is 0 Å². The maximum Gasteiger partial charge on any atom is 0.323 e. The van der Waals surface area contributed by atoms with Crippen LogP contribution in [-0.2, 0) is 4.74 Å². The lowest BCUT2D eigenvalue weighted by atomic mass is 10.1. The van der Waals surface area contributed by atoms with Gasteiger partial charge in [0, 0.05) is 63.6 Å². The van der Waals surface area contributed by atoms with E-state index in [2.05, 4.69) is 16.0 Å². The van der Waals surface area contributed by atoms with E-state index in [1.165, 1.54) is 24.3 Å². The lowest BCUT2D eigenvalue weighted by Gasteiger charge is -2.18. The van der Waals surface area contributed by atoms with Crippen LogP contribution in [0.3, 0.4) is 0 Å². The van der Waals surface area contributed by atoms with Gasteiger partial charge in [0.05, 0.1) is 10.5 Å². The van der Waals surface area contributed by atoms with E-state index < -0.39 is 11.0 Å². The molecule has 0 aliphatic rings. The van der Waals surface area contributed by atoms with Gasteiger partial charge in [-0.1, -0.05) is 0 Å². The molecule has 0 saturated heterocycles. The summed E-state index contributed by atoms with van der Waals surface area (Å²) in [4.78, 5) is 36.8. The number of carbonyl (C=O) groups is 2. The fourth-order valence-electron chi connectivity index (χ4n) is 2.66. The number of nitrogens with one attached hydrogen (secondary N) is 3. The summed E-state index contributed by atoms with van der Waals surface area (Å²) >= 11 is 0. The van der Waals surface area contributed by atoms with E-state index in [1.54, 1.807) is 25.3 Å². The molecule has 160 valence electrons. The van der Waals surface area contributed by atoms with Crippen molar-refractivity contribution in [3.8, 4) is 0 Å². The van der Waals surface area contributed by atoms with E-state index in [9.17, 15) is 19.7 Å². The normalized spacial score (nSPS) is 10.2. The van der Waals surface area contributed by atoms with Crippen LogP contribution in [0.25, 0.3) is 0 Å². The number of amides is 3. The maximum absolute atomic E-state index is 12.6. The summed E-state index contributed by atoms with van der Waals surface area (Å²) in [6.45, 7) is 1.02. The number of hydrogen-bond acceptors (Lipinski definition) is 6. The Balaban J connectivity index is 2.08. The monoisotopic (exact) mass is 415 g/mol. The van der Waals surface area contributed by atoms with Gasteiger partial charge in [0.25, 0.3) is 11.6 Å². The molecule has 10 heteroatoms. The first-order valence-electron chi connectivity index (χ1n) is 9.22. The molecule has 2 rings (SSSR count). The molecular formula is C20H25N5O5. The number of anilines is 3. The number of hydrogen-bond donors (Lipinski definition) is 3. The average Bonchev–Trinajstić information content (AvgIpc) is 2.71. The lowest BCUT2D eigenvalue weighted by Crippen LogP contribution is -2.27. The summed E-state index contributed by atoms with van der Waals surface area (Å²) < 4.78 is 4.97. The fraction of sp³-hybridized carbons (Fsp3) is 0.300. The van der Waals surface area contributed by atoms with Crippen LogP contribution in [0.2, 0.25) is 0 Å². The van der Waals surface area contributed by atoms with Crippen molar-refractivity contribution in [3.05, 3.63) is 58.1 Å². The number of non-ortho nitro benzene ring substituents is 1. The highest BCUT2D eigenvalue weighted by atomic mass is 16.6. The number of benzene rings is 2. The molecule has 0 spiro atoms. The maximum atomic E-state index is 12.6. The molecule has 0 aromatic heterocycles. The lowest BCUT2D eigenvalue weighted by molar-refractivity contribution is -0.384. The summed E-state index contributed by atoms with van der Waals surface area (Å²) in [5.74, 6) is -0.255. The van der Waals surface area contributed by atoms with Crippen molar-refractivity contribution < 1.29 is 19.2 Å². The van der Waals surface area contributed by atoms with Crippen LogP contribution in [-0.4, -0.2) is 51.2 Å². The Labute approximate surface area is 174 Å². The standard InChI is InChI=1S/C20H25N5O5/c1-24(2)18-10-7-15(13-17(18)19(26)21-11-4-12-30-3)23-20(27)22-14-5-8-16(9-6-14)25(28)29/h5-10,13H,4,11-12H2,1-3H3,(H,21,26)(H2,22,23,27). The van der Waals surface area contributed by atoms with Crippen LogP contribution in [0.1, 0.15) is 16.8 Å². The molecule has 2 aromatic rings. The van der Waals surface area contributed by atoms with Crippen molar-refractivity contribution in [2.24, 2.45) is 0 Å². The van der Waals surface area contributed by atoms with E-state index >= 15 is 0 Å². The first-order chi connectivity index (χ1) is 14.3. The van der Waals surface area contributed by atoms with Gasteiger partial charge in [-0.3, -0.25) is 14.9 Å². The van der Waals surface area contributed by atoms with Gasteiger partial charge in [-0.25, -0.2) is 4.79 Å². The summed E-state index contributed by atoms with van der Waals surface area (Å²) in [6, 6.07) is 9.96. The van der Waals surface area contributed by atoms with Gasteiger partial charge >= 0.3 is 6.03 Å². The number of rotatable bonds is 9. The minimum atomic E-state index is -0.534. The van der Waals surface area contributed by atoms with Gasteiger partial charge in [-0.05, 0) is 36.8 Å². The number of nitrogens with zero attached hydrogens (tertiary/aromatic N) is 2. The second kappa shape index (κ2) is 10.8. The second-order valence-corrected chi connectivity index (χ2v) is 6.61. The number of nitro benzene ring substituents is 1. The van der Waals surface area contributed by atoms with Crippen molar-refractivity contribution in [1.82, 2.24) is 5.32 Å². The van der Waals surface area contributed by atoms with Crippen LogP contribution < -0.4 is 20.9 Å². The Bertz CT molecular complexity index is 899. The zero-order valence-electron chi connectivity index (χ0n) is 17.1. The number of urea groups is 1. The molecule has 3 N–H and O–H groups in total. The molecule has 0 saturated carbocycles. The highest BCUT2D eigenvalue weighted by Gasteiger charge is 2.15. The van der Waals surface area contributed by atoms with Gasteiger partial charge < -0.3 is 25.6 Å². The third-order valence-corrected chi connectivity index (χ3v) is 4.13. The first-order valence-corrected chi connectivity index (χ1v) is 9.22. The van der Waals surface area contributed by atoms with Crippen LogP contribution in [0.15, 0.2) is 42.5 Å². The van der Waals surface area contributed by atoms with Gasteiger partial charge in [0.15, 0.2) is 0 Å². The zero-order valence-corrected chi connectivity index (χ0v) is 17.1. The molecule has 30 heavy (non-hydrogen) atoms. The number of methoxy groups -OCH3 is 1. The molecule has 0 heterocycles. The predicted octanol–water partition coefficient (Wildman–Crippen LogP) is 3.07. The Hall–Kier alpha value is -3.66. The van der Waals surface area contributed by atoms with Gasteiger partial charge in [0.1, 0.15) is 0 Å². The molecule has 10 nitrogen and oxygen atoms in total. The Morgan fingerprint density at radius 2 is 1.70 bits per heavy atom. The smallest absolute Gasteiger partial charge is 0.323 e. The van der Waals surface area contributed by atoms with E-state index in [0.29, 0.717) is 42.2 Å². The zero-order chi connectivity index (χ0) is 22.1. The second-order valence-electron chi connectivity index (χ2n) is 6.61. The summed E-state index contributed by atoms with van der Waals surface area (Å²) in [7, 11) is 5.25. The quantitative estimate of drug-likeness (QED) is 0.328. The van der Waals surface area contributed by atoms with Crippen LogP contribution in [0.5, 0.6) is 0 Å². The largest absolute Gasteiger partial charge is 0.385 e. The molecule has 0 fully saturated rings. The number of ether oxygens (including phenoxy) is 1.